The second-order valence-electron chi connectivity index (χ2n) is 3.33. The topological polar surface area (TPSA) is 92.5 Å². The molecule has 0 spiro atoms. The minimum Gasteiger partial charge on any atom is -0.508 e. The second kappa shape index (κ2) is 6.52. The van der Waals surface area contributed by atoms with E-state index in [-0.39, 0.29) is 18.2 Å². The molecule has 0 atom stereocenters. The molecule has 17 heavy (non-hydrogen) atoms. The summed E-state index contributed by atoms with van der Waals surface area (Å²) in [5, 5.41) is 18.2. The number of phenols is 2. The summed E-state index contributed by atoms with van der Waals surface area (Å²) in [7, 11) is 0. The molecule has 6 N–H and O–H groups in total. The van der Waals surface area contributed by atoms with Gasteiger partial charge in [0.15, 0.2) is 0 Å². The van der Waals surface area contributed by atoms with Gasteiger partial charge < -0.3 is 21.7 Å². The summed E-state index contributed by atoms with van der Waals surface area (Å²) >= 11 is 0. The van der Waals surface area contributed by atoms with Gasteiger partial charge in [0.2, 0.25) is 0 Å². The maximum atomic E-state index is 9.11. The molecule has 90 valence electrons. The van der Waals surface area contributed by atoms with Crippen LogP contribution in [-0.2, 0) is 0 Å². The van der Waals surface area contributed by atoms with Crippen molar-refractivity contribution >= 4 is 0 Å². The fraction of sp³-hybridized carbons (Fsp3) is 0.0769. The van der Waals surface area contributed by atoms with Crippen molar-refractivity contribution in [3.63, 3.8) is 0 Å². The van der Waals surface area contributed by atoms with Crippen LogP contribution < -0.4 is 11.5 Å². The summed E-state index contributed by atoms with van der Waals surface area (Å²) in [5.74, 6) is 0.514. The molecule has 2 rings (SSSR count). The fourth-order valence-electron chi connectivity index (χ4n) is 1.31. The highest BCUT2D eigenvalue weighted by Gasteiger charge is 1.96. The molecule has 0 unspecified atom stereocenters. The van der Waals surface area contributed by atoms with Gasteiger partial charge in [-0.05, 0) is 35.4 Å². The molecule has 4 nitrogen and oxygen atoms in total. The Bertz CT molecular complexity index is 394. The lowest BCUT2D eigenvalue weighted by Gasteiger charge is -2.01. The molecule has 4 heteroatoms. The molecular formula is C13H16N2O2. The van der Waals surface area contributed by atoms with E-state index >= 15 is 0 Å². The SMILES string of the molecule is NCN.Oc1ccc(-c2ccc(O)cc2)cc1. The number of hydrogen-bond donors (Lipinski definition) is 4. The maximum Gasteiger partial charge on any atom is 0.115 e. The van der Waals surface area contributed by atoms with E-state index in [1.165, 1.54) is 0 Å². The Balaban J connectivity index is 0.000000437. The van der Waals surface area contributed by atoms with E-state index in [1.54, 1.807) is 24.3 Å². The molecule has 0 bridgehead atoms. The Labute approximate surface area is 100 Å². The van der Waals surface area contributed by atoms with Crippen LogP contribution in [0.4, 0.5) is 0 Å². The number of aromatic hydroxyl groups is 2. The number of phenolic OH excluding ortho intramolecular Hbond substituents is 2. The first kappa shape index (κ1) is 13.0. The molecule has 0 amide bonds. The second-order valence-corrected chi connectivity index (χ2v) is 3.33. The molecule has 0 fully saturated rings. The predicted octanol–water partition coefficient (Wildman–Crippen LogP) is 1.63. The van der Waals surface area contributed by atoms with Crippen LogP contribution in [-0.4, -0.2) is 16.9 Å². The lowest BCUT2D eigenvalue weighted by molar-refractivity contribution is 0.474. The minimum absolute atomic E-state index is 0.250. The molecule has 0 saturated carbocycles. The van der Waals surface area contributed by atoms with Gasteiger partial charge in [0.05, 0.1) is 0 Å². The van der Waals surface area contributed by atoms with Crippen LogP contribution in [0, 0.1) is 0 Å². The molecule has 0 aliphatic carbocycles. The van der Waals surface area contributed by atoms with Crippen LogP contribution in [0.15, 0.2) is 48.5 Å². The van der Waals surface area contributed by atoms with Gasteiger partial charge >= 0.3 is 0 Å². The molecule has 0 radical (unpaired) electrons. The van der Waals surface area contributed by atoms with Crippen LogP contribution >= 0.6 is 0 Å². The Hall–Kier alpha value is -2.04. The van der Waals surface area contributed by atoms with Crippen LogP contribution in [0.3, 0.4) is 0 Å². The van der Waals surface area contributed by atoms with Crippen LogP contribution in [0.1, 0.15) is 0 Å². The number of benzene rings is 2. The summed E-state index contributed by atoms with van der Waals surface area (Å²) in [5.41, 5.74) is 11.3. The van der Waals surface area contributed by atoms with Crippen LogP contribution in [0.5, 0.6) is 11.5 Å². The van der Waals surface area contributed by atoms with Crippen molar-refractivity contribution in [2.45, 2.75) is 0 Å². The zero-order valence-corrected chi connectivity index (χ0v) is 9.38. The Morgan fingerprint density at radius 1 is 0.647 bits per heavy atom. The van der Waals surface area contributed by atoms with Gasteiger partial charge in [-0.3, -0.25) is 0 Å². The van der Waals surface area contributed by atoms with Gasteiger partial charge in [-0.2, -0.15) is 0 Å². The zero-order valence-electron chi connectivity index (χ0n) is 9.38. The van der Waals surface area contributed by atoms with Gasteiger partial charge in [0.25, 0.3) is 0 Å². The van der Waals surface area contributed by atoms with Crippen LogP contribution in [0.2, 0.25) is 0 Å². The largest absolute Gasteiger partial charge is 0.508 e. The third-order valence-corrected chi connectivity index (χ3v) is 2.07. The summed E-state index contributed by atoms with van der Waals surface area (Å²) in [6.07, 6.45) is 0. The Kier molecular flexibility index (Phi) is 5.00. The summed E-state index contributed by atoms with van der Waals surface area (Å²) < 4.78 is 0. The average molecular weight is 232 g/mol. The Morgan fingerprint density at radius 2 is 0.882 bits per heavy atom. The normalized spacial score (nSPS) is 9.29. The first-order valence-electron chi connectivity index (χ1n) is 5.16. The molecule has 0 saturated heterocycles. The molecular weight excluding hydrogens is 216 g/mol. The molecule has 0 heterocycles. The van der Waals surface area contributed by atoms with Crippen molar-refractivity contribution in [3.8, 4) is 22.6 Å². The highest BCUT2D eigenvalue weighted by Crippen LogP contribution is 2.23. The summed E-state index contributed by atoms with van der Waals surface area (Å²) in [6.45, 7) is 0.250. The number of nitrogens with two attached hydrogens (primary N) is 2. The first-order valence-corrected chi connectivity index (χ1v) is 5.16. The first-order chi connectivity index (χ1) is 8.17. The smallest absolute Gasteiger partial charge is 0.115 e. The number of hydrogen-bond acceptors (Lipinski definition) is 4. The summed E-state index contributed by atoms with van der Waals surface area (Å²) in [6, 6.07) is 13.9. The van der Waals surface area contributed by atoms with Crippen molar-refractivity contribution in [2.75, 3.05) is 6.67 Å². The third kappa shape index (κ3) is 4.14. The van der Waals surface area contributed by atoms with Gasteiger partial charge in [-0.15, -0.1) is 0 Å². The van der Waals surface area contributed by atoms with E-state index in [1.807, 2.05) is 24.3 Å². The van der Waals surface area contributed by atoms with Gasteiger partial charge in [-0.1, -0.05) is 24.3 Å². The highest BCUT2D eigenvalue weighted by molar-refractivity contribution is 5.64. The number of rotatable bonds is 1. The van der Waals surface area contributed by atoms with Crippen LogP contribution in [0.25, 0.3) is 11.1 Å². The van der Waals surface area contributed by atoms with E-state index in [0.29, 0.717) is 0 Å². The minimum atomic E-state index is 0.250. The predicted molar refractivity (Wildman–Crippen MR) is 68.4 cm³/mol. The van der Waals surface area contributed by atoms with E-state index < -0.39 is 0 Å². The van der Waals surface area contributed by atoms with E-state index in [0.717, 1.165) is 11.1 Å². The molecule has 0 aliphatic heterocycles. The van der Waals surface area contributed by atoms with Crippen molar-refractivity contribution in [2.24, 2.45) is 11.5 Å². The monoisotopic (exact) mass is 232 g/mol. The molecule has 2 aromatic rings. The lowest BCUT2D eigenvalue weighted by Crippen LogP contribution is -2.08. The Morgan fingerprint density at radius 3 is 1.12 bits per heavy atom. The zero-order chi connectivity index (χ0) is 12.7. The van der Waals surface area contributed by atoms with Crippen molar-refractivity contribution < 1.29 is 10.2 Å². The van der Waals surface area contributed by atoms with E-state index in [9.17, 15) is 0 Å². The highest BCUT2D eigenvalue weighted by atomic mass is 16.3. The van der Waals surface area contributed by atoms with Gasteiger partial charge in [-0.25, -0.2) is 0 Å². The standard InChI is InChI=1S/C12H10O2.CH6N2/c13-11-5-1-9(2-6-11)10-3-7-12(14)8-4-10;2-1-3/h1-8,13-14H;1-3H2. The molecule has 0 aliphatic rings. The fourth-order valence-corrected chi connectivity index (χ4v) is 1.31. The third-order valence-electron chi connectivity index (χ3n) is 2.07. The maximum absolute atomic E-state index is 9.11. The lowest BCUT2D eigenvalue weighted by atomic mass is 10.1. The molecule has 2 aromatic carbocycles. The average Bonchev–Trinajstić information content (AvgIpc) is 2.32. The summed E-state index contributed by atoms with van der Waals surface area (Å²) in [4.78, 5) is 0. The van der Waals surface area contributed by atoms with Crippen molar-refractivity contribution in [1.29, 1.82) is 0 Å². The van der Waals surface area contributed by atoms with Crippen molar-refractivity contribution in [1.82, 2.24) is 0 Å². The molecule has 0 aromatic heterocycles. The van der Waals surface area contributed by atoms with E-state index in [2.05, 4.69) is 11.5 Å². The quantitative estimate of drug-likeness (QED) is 0.562. The van der Waals surface area contributed by atoms with Gasteiger partial charge in [0, 0.05) is 6.67 Å². The van der Waals surface area contributed by atoms with E-state index in [4.69, 9.17) is 10.2 Å². The van der Waals surface area contributed by atoms with Gasteiger partial charge in [0.1, 0.15) is 11.5 Å². The van der Waals surface area contributed by atoms with Crippen molar-refractivity contribution in [3.05, 3.63) is 48.5 Å².